The minimum Gasteiger partial charge on any atom is -0.370 e. The Morgan fingerprint density at radius 2 is 2.06 bits per heavy atom. The van der Waals surface area contributed by atoms with Crippen molar-refractivity contribution in [3.05, 3.63) is 47.4 Å². The van der Waals surface area contributed by atoms with Crippen LogP contribution in [0.4, 0.5) is 10.2 Å². The van der Waals surface area contributed by atoms with E-state index in [1.165, 1.54) is 12.3 Å². The van der Waals surface area contributed by atoms with Crippen LogP contribution in [0.5, 0.6) is 0 Å². The summed E-state index contributed by atoms with van der Waals surface area (Å²) in [4.78, 5) is 12.5. The van der Waals surface area contributed by atoms with E-state index >= 15 is 0 Å². The normalized spacial score (nSPS) is 10.4. The summed E-state index contributed by atoms with van der Waals surface area (Å²) >= 11 is 0. The molecule has 0 aliphatic carbocycles. The SMILES string of the molecule is Cc1cc(NCCc2ccc(F)cn2)nc(C)n1. The van der Waals surface area contributed by atoms with E-state index in [0.29, 0.717) is 6.54 Å². The van der Waals surface area contributed by atoms with Crippen molar-refractivity contribution in [1.82, 2.24) is 15.0 Å². The Bertz CT molecular complexity index is 505. The molecule has 0 aromatic carbocycles. The van der Waals surface area contributed by atoms with Gasteiger partial charge in [-0.25, -0.2) is 14.4 Å². The van der Waals surface area contributed by atoms with Crippen LogP contribution < -0.4 is 5.32 Å². The molecule has 0 bridgehead atoms. The minimum absolute atomic E-state index is 0.311. The zero-order valence-corrected chi connectivity index (χ0v) is 10.4. The van der Waals surface area contributed by atoms with Crippen LogP contribution in [0.1, 0.15) is 17.2 Å². The van der Waals surface area contributed by atoms with E-state index in [2.05, 4.69) is 20.3 Å². The molecule has 4 nitrogen and oxygen atoms in total. The summed E-state index contributed by atoms with van der Waals surface area (Å²) in [5, 5.41) is 3.20. The summed E-state index contributed by atoms with van der Waals surface area (Å²) in [6.45, 7) is 4.50. The van der Waals surface area contributed by atoms with Gasteiger partial charge in [-0.2, -0.15) is 0 Å². The molecule has 1 N–H and O–H groups in total. The summed E-state index contributed by atoms with van der Waals surface area (Å²) in [6.07, 6.45) is 1.96. The molecule has 2 aromatic heterocycles. The molecule has 0 radical (unpaired) electrons. The van der Waals surface area contributed by atoms with Crippen LogP contribution in [0.15, 0.2) is 24.4 Å². The number of nitrogens with one attached hydrogen (secondary N) is 1. The van der Waals surface area contributed by atoms with Gasteiger partial charge in [-0.05, 0) is 26.0 Å². The topological polar surface area (TPSA) is 50.7 Å². The second kappa shape index (κ2) is 5.53. The van der Waals surface area contributed by atoms with Crippen molar-refractivity contribution >= 4 is 5.82 Å². The molecule has 94 valence electrons. The zero-order valence-electron chi connectivity index (χ0n) is 10.4. The summed E-state index contributed by atoms with van der Waals surface area (Å²) in [6, 6.07) is 5.00. The second-order valence-corrected chi connectivity index (χ2v) is 4.09. The predicted molar refractivity (Wildman–Crippen MR) is 67.9 cm³/mol. The lowest BCUT2D eigenvalue weighted by atomic mass is 10.2. The first-order chi connectivity index (χ1) is 8.63. The summed E-state index contributed by atoms with van der Waals surface area (Å²) < 4.78 is 12.7. The molecule has 0 aliphatic heterocycles. The number of hydrogen-bond acceptors (Lipinski definition) is 4. The van der Waals surface area contributed by atoms with Gasteiger partial charge in [-0.15, -0.1) is 0 Å². The first kappa shape index (κ1) is 12.4. The van der Waals surface area contributed by atoms with Gasteiger partial charge in [-0.1, -0.05) is 0 Å². The fraction of sp³-hybridized carbons (Fsp3) is 0.308. The molecular weight excluding hydrogens is 231 g/mol. The van der Waals surface area contributed by atoms with Crippen LogP contribution in [-0.2, 0) is 6.42 Å². The lowest BCUT2D eigenvalue weighted by Gasteiger charge is -2.06. The van der Waals surface area contributed by atoms with E-state index in [-0.39, 0.29) is 5.82 Å². The van der Waals surface area contributed by atoms with Gasteiger partial charge in [0.05, 0.1) is 6.20 Å². The van der Waals surface area contributed by atoms with E-state index in [1.807, 2.05) is 19.9 Å². The van der Waals surface area contributed by atoms with Gasteiger partial charge in [0.1, 0.15) is 17.5 Å². The summed E-state index contributed by atoms with van der Waals surface area (Å²) in [5.41, 5.74) is 1.79. The van der Waals surface area contributed by atoms with Crippen molar-refractivity contribution in [1.29, 1.82) is 0 Å². The molecule has 0 saturated carbocycles. The van der Waals surface area contributed by atoms with Crippen LogP contribution in [0.25, 0.3) is 0 Å². The highest BCUT2D eigenvalue weighted by Crippen LogP contribution is 2.06. The van der Waals surface area contributed by atoms with Gasteiger partial charge in [0.2, 0.25) is 0 Å². The summed E-state index contributed by atoms with van der Waals surface area (Å²) in [5.74, 6) is 1.24. The molecule has 5 heteroatoms. The maximum atomic E-state index is 12.7. The number of aryl methyl sites for hydroxylation is 2. The number of aromatic nitrogens is 3. The number of nitrogens with zero attached hydrogens (tertiary/aromatic N) is 3. The Hall–Kier alpha value is -2.04. The molecular formula is C13H15FN4. The number of anilines is 1. The Balaban J connectivity index is 1.90. The monoisotopic (exact) mass is 246 g/mol. The number of pyridine rings is 1. The fourth-order valence-corrected chi connectivity index (χ4v) is 1.68. The molecule has 2 heterocycles. The second-order valence-electron chi connectivity index (χ2n) is 4.09. The van der Waals surface area contributed by atoms with E-state index in [9.17, 15) is 4.39 Å². The molecule has 2 rings (SSSR count). The first-order valence-corrected chi connectivity index (χ1v) is 5.80. The molecule has 0 spiro atoms. The largest absolute Gasteiger partial charge is 0.370 e. The van der Waals surface area contributed by atoms with Crippen LogP contribution in [0.3, 0.4) is 0 Å². The molecule has 18 heavy (non-hydrogen) atoms. The van der Waals surface area contributed by atoms with E-state index in [1.54, 1.807) is 6.07 Å². The van der Waals surface area contributed by atoms with Gasteiger partial charge in [0.15, 0.2) is 0 Å². The standard InChI is InChI=1S/C13H15FN4/c1-9-7-13(18-10(2)17-9)15-6-5-12-4-3-11(14)8-16-12/h3-4,7-8H,5-6H2,1-2H3,(H,15,17,18). The van der Waals surface area contributed by atoms with Crippen LogP contribution in [0.2, 0.25) is 0 Å². The van der Waals surface area contributed by atoms with E-state index in [0.717, 1.165) is 29.5 Å². The summed E-state index contributed by atoms with van der Waals surface area (Å²) in [7, 11) is 0. The smallest absolute Gasteiger partial charge is 0.141 e. The van der Waals surface area contributed by atoms with Gasteiger partial charge >= 0.3 is 0 Å². The molecule has 0 amide bonds. The number of hydrogen-bond donors (Lipinski definition) is 1. The van der Waals surface area contributed by atoms with Crippen molar-refractivity contribution in [2.24, 2.45) is 0 Å². The van der Waals surface area contributed by atoms with E-state index < -0.39 is 0 Å². The minimum atomic E-state index is -0.311. The van der Waals surface area contributed by atoms with Crippen molar-refractivity contribution in [3.8, 4) is 0 Å². The Morgan fingerprint density at radius 3 is 2.72 bits per heavy atom. The van der Waals surface area contributed by atoms with Gasteiger partial charge in [0.25, 0.3) is 0 Å². The maximum Gasteiger partial charge on any atom is 0.141 e. The first-order valence-electron chi connectivity index (χ1n) is 5.80. The molecule has 0 saturated heterocycles. The Labute approximate surface area is 105 Å². The van der Waals surface area contributed by atoms with Crippen molar-refractivity contribution in [3.63, 3.8) is 0 Å². The molecule has 0 unspecified atom stereocenters. The molecule has 2 aromatic rings. The highest BCUT2D eigenvalue weighted by atomic mass is 19.1. The van der Waals surface area contributed by atoms with Gasteiger partial charge < -0.3 is 5.32 Å². The van der Waals surface area contributed by atoms with Gasteiger partial charge in [-0.3, -0.25) is 4.98 Å². The van der Waals surface area contributed by atoms with E-state index in [4.69, 9.17) is 0 Å². The van der Waals surface area contributed by atoms with Crippen LogP contribution >= 0.6 is 0 Å². The maximum absolute atomic E-state index is 12.7. The molecule has 0 atom stereocenters. The third-order valence-electron chi connectivity index (χ3n) is 2.44. The molecule has 0 aliphatic rings. The third kappa shape index (κ3) is 3.48. The zero-order chi connectivity index (χ0) is 13.0. The number of rotatable bonds is 4. The Kier molecular flexibility index (Phi) is 3.82. The quantitative estimate of drug-likeness (QED) is 0.899. The van der Waals surface area contributed by atoms with Crippen LogP contribution in [-0.4, -0.2) is 21.5 Å². The third-order valence-corrected chi connectivity index (χ3v) is 2.44. The lowest BCUT2D eigenvalue weighted by Crippen LogP contribution is -2.08. The Morgan fingerprint density at radius 1 is 1.22 bits per heavy atom. The highest BCUT2D eigenvalue weighted by molar-refractivity contribution is 5.35. The molecule has 0 fully saturated rings. The van der Waals surface area contributed by atoms with Gasteiger partial charge in [0, 0.05) is 30.4 Å². The van der Waals surface area contributed by atoms with Crippen LogP contribution in [0, 0.1) is 19.7 Å². The lowest BCUT2D eigenvalue weighted by molar-refractivity contribution is 0.619. The highest BCUT2D eigenvalue weighted by Gasteiger charge is 1.99. The average Bonchev–Trinajstić information content (AvgIpc) is 2.30. The average molecular weight is 246 g/mol. The van der Waals surface area contributed by atoms with Crippen molar-refractivity contribution in [2.45, 2.75) is 20.3 Å². The fourth-order valence-electron chi connectivity index (χ4n) is 1.68. The number of halogens is 1. The van der Waals surface area contributed by atoms with Crippen molar-refractivity contribution < 1.29 is 4.39 Å². The predicted octanol–water partition coefficient (Wildman–Crippen LogP) is 2.28. The van der Waals surface area contributed by atoms with Crippen molar-refractivity contribution in [2.75, 3.05) is 11.9 Å².